The molecule has 1 amide bonds. The number of anilines is 1. The number of benzene rings is 2. The minimum Gasteiger partial charge on any atom is -0.478 e. The Balaban J connectivity index is 2.02. The van der Waals surface area contributed by atoms with E-state index < -0.39 is 5.97 Å². The lowest BCUT2D eigenvalue weighted by Gasteiger charge is -2.27. The van der Waals surface area contributed by atoms with Crippen LogP contribution in [0.2, 0.25) is 0 Å². The highest BCUT2D eigenvalue weighted by atomic mass is 32.2. The molecule has 1 aliphatic heterocycles. The second-order valence-corrected chi connectivity index (χ2v) is 5.96. The first-order valence-electron chi connectivity index (χ1n) is 6.66. The summed E-state index contributed by atoms with van der Waals surface area (Å²) in [5.41, 5.74) is 1.76. The molecule has 0 saturated carbocycles. The fourth-order valence-electron chi connectivity index (χ4n) is 2.23. The zero-order valence-corrected chi connectivity index (χ0v) is 12.6. The number of fused-ring (bicyclic) bond motifs is 1. The largest absolute Gasteiger partial charge is 0.478 e. The average molecular weight is 311 g/mol. The van der Waals surface area contributed by atoms with Gasteiger partial charge in [-0.3, -0.25) is 4.79 Å². The third kappa shape index (κ3) is 2.63. The van der Waals surface area contributed by atoms with Crippen molar-refractivity contribution in [2.24, 2.45) is 0 Å². The normalized spacial score (nSPS) is 15.8. The van der Waals surface area contributed by atoms with Gasteiger partial charge in [-0.1, -0.05) is 42.1 Å². The molecule has 2 aromatic carbocycles. The zero-order chi connectivity index (χ0) is 15.7. The van der Waals surface area contributed by atoms with E-state index in [4.69, 9.17) is 5.11 Å². The summed E-state index contributed by atoms with van der Waals surface area (Å²) in [6.07, 6.45) is 1.84. The van der Waals surface area contributed by atoms with E-state index >= 15 is 0 Å². The van der Waals surface area contributed by atoms with Gasteiger partial charge in [0.05, 0.1) is 16.2 Å². The Kier molecular flexibility index (Phi) is 3.73. The Hall–Kier alpha value is -2.53. The van der Waals surface area contributed by atoms with Gasteiger partial charge in [0.25, 0.3) is 5.91 Å². The van der Waals surface area contributed by atoms with Gasteiger partial charge in [0, 0.05) is 11.9 Å². The summed E-state index contributed by atoms with van der Waals surface area (Å²) in [6.45, 7) is 0. The number of amides is 1. The summed E-state index contributed by atoms with van der Waals surface area (Å²) >= 11 is 1.36. The molecule has 2 aromatic rings. The Labute approximate surface area is 132 Å². The first kappa shape index (κ1) is 14.4. The summed E-state index contributed by atoms with van der Waals surface area (Å²) in [5, 5.41) is 9.06. The Bertz CT molecular complexity index is 784. The summed E-state index contributed by atoms with van der Waals surface area (Å²) in [5.74, 6) is -1.14. The standard InChI is InChI=1S/C17H13NO3S/c1-18-13-10-12(17(20)21)7-8-14(13)22-15(16(18)19)9-11-5-3-2-4-6-11/h2-10H,1H3,(H,20,21). The van der Waals surface area contributed by atoms with Gasteiger partial charge in [0.1, 0.15) is 0 Å². The van der Waals surface area contributed by atoms with E-state index in [1.54, 1.807) is 19.2 Å². The van der Waals surface area contributed by atoms with Gasteiger partial charge in [0.15, 0.2) is 0 Å². The topological polar surface area (TPSA) is 57.6 Å². The molecule has 1 heterocycles. The Morgan fingerprint density at radius 1 is 1.18 bits per heavy atom. The average Bonchev–Trinajstić information content (AvgIpc) is 2.53. The van der Waals surface area contributed by atoms with Gasteiger partial charge in [-0.2, -0.15) is 0 Å². The molecule has 0 aromatic heterocycles. The van der Waals surface area contributed by atoms with Crippen LogP contribution in [0, 0.1) is 0 Å². The molecule has 110 valence electrons. The number of carbonyl (C=O) groups excluding carboxylic acids is 1. The van der Waals surface area contributed by atoms with Crippen molar-refractivity contribution in [3.8, 4) is 0 Å². The van der Waals surface area contributed by atoms with Crippen LogP contribution in [-0.2, 0) is 4.79 Å². The summed E-state index contributed by atoms with van der Waals surface area (Å²) in [4.78, 5) is 26.5. The number of hydrogen-bond donors (Lipinski definition) is 1. The van der Waals surface area contributed by atoms with Gasteiger partial charge in [0.2, 0.25) is 0 Å². The number of thioether (sulfide) groups is 1. The maximum atomic E-state index is 12.5. The zero-order valence-electron chi connectivity index (χ0n) is 11.8. The van der Waals surface area contributed by atoms with Crippen molar-refractivity contribution in [3.05, 3.63) is 64.6 Å². The van der Waals surface area contributed by atoms with Crippen LogP contribution in [0.5, 0.6) is 0 Å². The van der Waals surface area contributed by atoms with E-state index in [1.807, 2.05) is 36.4 Å². The molecule has 5 heteroatoms. The van der Waals surface area contributed by atoms with Crippen molar-refractivity contribution in [3.63, 3.8) is 0 Å². The van der Waals surface area contributed by atoms with Crippen molar-refractivity contribution < 1.29 is 14.7 Å². The van der Waals surface area contributed by atoms with Gasteiger partial charge in [-0.05, 0) is 29.8 Å². The van der Waals surface area contributed by atoms with Crippen LogP contribution in [0.3, 0.4) is 0 Å². The van der Waals surface area contributed by atoms with Gasteiger partial charge >= 0.3 is 5.97 Å². The van der Waals surface area contributed by atoms with Crippen LogP contribution in [0.4, 0.5) is 5.69 Å². The lowest BCUT2D eigenvalue weighted by molar-refractivity contribution is -0.114. The monoisotopic (exact) mass is 311 g/mol. The third-order valence-corrected chi connectivity index (χ3v) is 4.48. The van der Waals surface area contributed by atoms with Gasteiger partial charge in [-0.15, -0.1) is 0 Å². The maximum Gasteiger partial charge on any atom is 0.335 e. The van der Waals surface area contributed by atoms with Crippen molar-refractivity contribution >= 4 is 35.4 Å². The predicted octanol–water partition coefficient (Wildman–Crippen LogP) is 3.49. The van der Waals surface area contributed by atoms with E-state index in [9.17, 15) is 9.59 Å². The van der Waals surface area contributed by atoms with Crippen molar-refractivity contribution in [2.45, 2.75) is 4.90 Å². The molecule has 0 fully saturated rings. The molecule has 0 aliphatic carbocycles. The van der Waals surface area contributed by atoms with E-state index in [-0.39, 0.29) is 11.5 Å². The van der Waals surface area contributed by atoms with Crippen LogP contribution in [0.25, 0.3) is 6.08 Å². The molecule has 0 radical (unpaired) electrons. The van der Waals surface area contributed by atoms with Crippen LogP contribution >= 0.6 is 11.8 Å². The molecular weight excluding hydrogens is 298 g/mol. The first-order chi connectivity index (χ1) is 10.6. The highest BCUT2D eigenvalue weighted by molar-refractivity contribution is 8.04. The molecule has 1 N–H and O–H groups in total. The molecule has 4 nitrogen and oxygen atoms in total. The number of carbonyl (C=O) groups is 2. The lowest BCUT2D eigenvalue weighted by atomic mass is 10.1. The molecule has 0 unspecified atom stereocenters. The Morgan fingerprint density at radius 3 is 2.59 bits per heavy atom. The summed E-state index contributed by atoms with van der Waals surface area (Å²) in [7, 11) is 1.66. The quantitative estimate of drug-likeness (QED) is 0.863. The van der Waals surface area contributed by atoms with Crippen molar-refractivity contribution in [2.75, 3.05) is 11.9 Å². The summed E-state index contributed by atoms with van der Waals surface area (Å²) in [6, 6.07) is 14.5. The molecule has 0 bridgehead atoms. The smallest absolute Gasteiger partial charge is 0.335 e. The highest BCUT2D eigenvalue weighted by Gasteiger charge is 2.27. The second-order valence-electron chi connectivity index (χ2n) is 4.87. The number of likely N-dealkylation sites (N-methyl/N-ethyl adjacent to an activating group) is 1. The minimum absolute atomic E-state index is 0.135. The fraction of sp³-hybridized carbons (Fsp3) is 0.0588. The minimum atomic E-state index is -1.00. The number of nitrogens with zero attached hydrogens (tertiary/aromatic N) is 1. The number of hydrogen-bond acceptors (Lipinski definition) is 3. The first-order valence-corrected chi connectivity index (χ1v) is 7.48. The van der Waals surface area contributed by atoms with Crippen LogP contribution in [-0.4, -0.2) is 24.0 Å². The number of aromatic carboxylic acids is 1. The van der Waals surface area contributed by atoms with E-state index in [1.165, 1.54) is 22.7 Å². The van der Waals surface area contributed by atoms with Crippen molar-refractivity contribution in [1.82, 2.24) is 0 Å². The van der Waals surface area contributed by atoms with Gasteiger partial charge in [-0.25, -0.2) is 4.79 Å². The van der Waals surface area contributed by atoms with Crippen molar-refractivity contribution in [1.29, 1.82) is 0 Å². The SMILES string of the molecule is CN1C(=O)C(=Cc2ccccc2)Sc2ccc(C(=O)O)cc21. The van der Waals surface area contributed by atoms with Crippen LogP contribution in [0.1, 0.15) is 15.9 Å². The summed E-state index contributed by atoms with van der Waals surface area (Å²) < 4.78 is 0. The lowest BCUT2D eigenvalue weighted by Crippen LogP contribution is -2.30. The third-order valence-electron chi connectivity index (χ3n) is 3.40. The number of rotatable bonds is 2. The molecule has 1 aliphatic rings. The number of carboxylic acid groups (broad SMARTS) is 1. The van der Waals surface area contributed by atoms with E-state index in [0.717, 1.165) is 10.5 Å². The van der Waals surface area contributed by atoms with E-state index in [0.29, 0.717) is 10.6 Å². The molecule has 3 rings (SSSR count). The maximum absolute atomic E-state index is 12.5. The second kappa shape index (κ2) is 5.69. The predicted molar refractivity (Wildman–Crippen MR) is 87.1 cm³/mol. The number of carboxylic acids is 1. The Morgan fingerprint density at radius 2 is 1.91 bits per heavy atom. The van der Waals surface area contributed by atoms with Gasteiger partial charge < -0.3 is 10.0 Å². The molecule has 0 saturated heterocycles. The van der Waals surface area contributed by atoms with Crippen LogP contribution < -0.4 is 4.90 Å². The molecule has 0 spiro atoms. The molecular formula is C17H13NO3S. The highest BCUT2D eigenvalue weighted by Crippen LogP contribution is 2.41. The van der Waals surface area contributed by atoms with Crippen LogP contribution in [0.15, 0.2) is 58.3 Å². The molecule has 22 heavy (non-hydrogen) atoms. The molecule has 0 atom stereocenters. The fourth-order valence-corrected chi connectivity index (χ4v) is 3.32. The van der Waals surface area contributed by atoms with E-state index in [2.05, 4.69) is 0 Å².